The number of nitrogens with two attached hydrogens (primary N) is 1. The Balaban J connectivity index is 2.16. The summed E-state index contributed by atoms with van der Waals surface area (Å²) in [6.45, 7) is 0. The lowest BCUT2D eigenvalue weighted by Crippen LogP contribution is -2.29. The van der Waals surface area contributed by atoms with E-state index >= 15 is 0 Å². The van der Waals surface area contributed by atoms with Crippen LogP contribution in [0.1, 0.15) is 16.5 Å². The van der Waals surface area contributed by atoms with Gasteiger partial charge in [-0.2, -0.15) is 0 Å². The highest BCUT2D eigenvalue weighted by Crippen LogP contribution is 2.22. The van der Waals surface area contributed by atoms with Gasteiger partial charge in [-0.05, 0) is 35.6 Å². The zero-order valence-corrected chi connectivity index (χ0v) is 10.3. The molecule has 2 aromatic rings. The van der Waals surface area contributed by atoms with Crippen molar-refractivity contribution in [2.45, 2.75) is 12.5 Å². The molecule has 0 spiro atoms. The van der Waals surface area contributed by atoms with Gasteiger partial charge in [0.15, 0.2) is 0 Å². The molecule has 0 aliphatic heterocycles. The highest BCUT2D eigenvalue weighted by Gasteiger charge is 2.13. The lowest BCUT2D eigenvalue weighted by Gasteiger charge is -2.13. The molecule has 0 bridgehead atoms. The molecule has 0 aliphatic carbocycles. The first-order valence-corrected chi connectivity index (χ1v) is 6.03. The highest BCUT2D eigenvalue weighted by atomic mass is 35.5. The van der Waals surface area contributed by atoms with Crippen LogP contribution in [0.5, 0.6) is 0 Å². The van der Waals surface area contributed by atoms with E-state index < -0.39 is 5.82 Å². The van der Waals surface area contributed by atoms with Gasteiger partial charge < -0.3 is 0 Å². The Morgan fingerprint density at radius 3 is 2.94 bits per heavy atom. The van der Waals surface area contributed by atoms with Crippen molar-refractivity contribution >= 4 is 23.1 Å². The molecule has 90 valence electrons. The summed E-state index contributed by atoms with van der Waals surface area (Å²) in [5.74, 6) is 5.03. The fraction of sp³-hybridized carbons (Fsp3) is 0.200. The van der Waals surface area contributed by atoms with Gasteiger partial charge >= 0.3 is 0 Å². The molecular weight excluding hydrogens is 263 g/mol. The normalized spacial score (nSPS) is 12.6. The van der Waals surface area contributed by atoms with Crippen LogP contribution in [0.3, 0.4) is 0 Å². The minimum absolute atomic E-state index is 0.116. The minimum atomic E-state index is -0.428. The molecule has 4 nitrogen and oxygen atoms in total. The van der Waals surface area contributed by atoms with Crippen molar-refractivity contribution in [1.29, 1.82) is 0 Å². The molecule has 0 aliphatic rings. The summed E-state index contributed by atoms with van der Waals surface area (Å²) in [5.41, 5.74) is 3.47. The van der Waals surface area contributed by atoms with Gasteiger partial charge in [0.2, 0.25) is 0 Å². The Morgan fingerprint density at radius 1 is 1.53 bits per heavy atom. The third-order valence-electron chi connectivity index (χ3n) is 2.35. The van der Waals surface area contributed by atoms with Gasteiger partial charge in [-0.25, -0.2) is 4.39 Å². The topological polar surface area (TPSA) is 63.8 Å². The second kappa shape index (κ2) is 5.50. The third kappa shape index (κ3) is 2.98. The summed E-state index contributed by atoms with van der Waals surface area (Å²) in [6, 6.07) is 4.58. The lowest BCUT2D eigenvalue weighted by molar-refractivity contribution is 0.556. The fourth-order valence-electron chi connectivity index (χ4n) is 1.47. The Labute approximate surface area is 107 Å². The average molecular weight is 273 g/mol. The van der Waals surface area contributed by atoms with E-state index in [2.05, 4.69) is 15.0 Å². The van der Waals surface area contributed by atoms with Crippen molar-refractivity contribution in [2.75, 3.05) is 0 Å². The smallest absolute Gasteiger partial charge is 0.142 e. The molecular formula is C10H10ClFN4S. The van der Waals surface area contributed by atoms with E-state index in [0.29, 0.717) is 6.42 Å². The molecule has 17 heavy (non-hydrogen) atoms. The molecule has 1 aromatic carbocycles. The first kappa shape index (κ1) is 12.4. The van der Waals surface area contributed by atoms with Gasteiger partial charge in [0.25, 0.3) is 0 Å². The Morgan fingerprint density at radius 2 is 2.35 bits per heavy atom. The van der Waals surface area contributed by atoms with Gasteiger partial charge in [-0.15, -0.1) is 5.10 Å². The van der Waals surface area contributed by atoms with Crippen LogP contribution in [0.2, 0.25) is 5.02 Å². The molecule has 1 heterocycles. The standard InChI is InChI=1S/C10H10ClFN4S/c11-7-2-1-6(3-8(7)12)4-9(15-13)10-5-14-16-17-10/h1-3,5,9,15H,4,13H2. The Hall–Kier alpha value is -1.08. The molecule has 0 saturated heterocycles. The number of rotatable bonds is 4. The zero-order valence-electron chi connectivity index (χ0n) is 8.73. The minimum Gasteiger partial charge on any atom is -0.271 e. The zero-order chi connectivity index (χ0) is 12.3. The highest BCUT2D eigenvalue weighted by molar-refractivity contribution is 7.05. The summed E-state index contributed by atoms with van der Waals surface area (Å²) in [6.07, 6.45) is 2.19. The van der Waals surface area contributed by atoms with Gasteiger partial charge in [0.1, 0.15) is 5.82 Å². The number of benzene rings is 1. The van der Waals surface area contributed by atoms with Crippen molar-refractivity contribution in [3.8, 4) is 0 Å². The molecule has 3 N–H and O–H groups in total. The summed E-state index contributed by atoms with van der Waals surface area (Å²) in [4.78, 5) is 0.905. The summed E-state index contributed by atoms with van der Waals surface area (Å²) >= 11 is 6.88. The maximum atomic E-state index is 13.3. The van der Waals surface area contributed by atoms with E-state index in [4.69, 9.17) is 17.4 Å². The molecule has 0 radical (unpaired) electrons. The van der Waals surface area contributed by atoms with E-state index in [9.17, 15) is 4.39 Å². The van der Waals surface area contributed by atoms with E-state index in [-0.39, 0.29) is 11.1 Å². The van der Waals surface area contributed by atoms with Crippen LogP contribution in [-0.4, -0.2) is 9.59 Å². The molecule has 1 aromatic heterocycles. The number of halogens is 2. The lowest BCUT2D eigenvalue weighted by atomic mass is 10.1. The van der Waals surface area contributed by atoms with E-state index in [1.54, 1.807) is 12.3 Å². The number of aromatic nitrogens is 2. The number of hydrogen-bond acceptors (Lipinski definition) is 5. The van der Waals surface area contributed by atoms with Crippen molar-refractivity contribution in [3.63, 3.8) is 0 Å². The van der Waals surface area contributed by atoms with Gasteiger partial charge in [-0.3, -0.25) is 11.3 Å². The van der Waals surface area contributed by atoms with Crippen LogP contribution >= 0.6 is 23.1 Å². The SMILES string of the molecule is NNC(Cc1ccc(Cl)c(F)c1)c1cnns1. The third-order valence-corrected chi connectivity index (χ3v) is 3.43. The maximum Gasteiger partial charge on any atom is 0.142 e. The molecule has 1 unspecified atom stereocenters. The fourth-order valence-corrected chi connectivity index (χ4v) is 2.15. The molecule has 7 heteroatoms. The predicted molar refractivity (Wildman–Crippen MR) is 65.1 cm³/mol. The van der Waals surface area contributed by atoms with Gasteiger partial charge in [0, 0.05) is 0 Å². The van der Waals surface area contributed by atoms with Crippen LogP contribution in [-0.2, 0) is 6.42 Å². The maximum absolute atomic E-state index is 13.3. The van der Waals surface area contributed by atoms with Crippen LogP contribution in [0.25, 0.3) is 0 Å². The molecule has 1 atom stereocenters. The van der Waals surface area contributed by atoms with Gasteiger partial charge in [-0.1, -0.05) is 22.2 Å². The van der Waals surface area contributed by atoms with Crippen LogP contribution in [0, 0.1) is 5.82 Å². The summed E-state index contributed by atoms with van der Waals surface area (Å²) in [5, 5.41) is 3.86. The average Bonchev–Trinajstić information content (AvgIpc) is 2.84. The van der Waals surface area contributed by atoms with E-state index in [0.717, 1.165) is 10.4 Å². The number of hydrogen-bond donors (Lipinski definition) is 2. The molecule has 0 saturated carbocycles. The number of nitrogens with one attached hydrogen (secondary N) is 1. The largest absolute Gasteiger partial charge is 0.271 e. The Kier molecular flexibility index (Phi) is 4.01. The monoisotopic (exact) mass is 272 g/mol. The number of nitrogens with zero attached hydrogens (tertiary/aromatic N) is 2. The first-order valence-electron chi connectivity index (χ1n) is 4.88. The number of hydrazine groups is 1. The quantitative estimate of drug-likeness (QED) is 0.661. The summed E-state index contributed by atoms with van der Waals surface area (Å²) < 4.78 is 17.0. The van der Waals surface area contributed by atoms with Crippen molar-refractivity contribution in [2.24, 2.45) is 5.84 Å². The molecule has 0 amide bonds. The molecule has 0 fully saturated rings. The second-order valence-corrected chi connectivity index (χ2v) is 4.72. The summed E-state index contributed by atoms with van der Waals surface area (Å²) in [7, 11) is 0. The van der Waals surface area contributed by atoms with E-state index in [1.807, 2.05) is 0 Å². The molecule has 2 rings (SSSR count). The van der Waals surface area contributed by atoms with Gasteiger partial charge in [0.05, 0.1) is 22.1 Å². The van der Waals surface area contributed by atoms with Crippen molar-refractivity contribution in [1.82, 2.24) is 15.0 Å². The van der Waals surface area contributed by atoms with Crippen molar-refractivity contribution in [3.05, 3.63) is 45.7 Å². The van der Waals surface area contributed by atoms with Crippen LogP contribution in [0.4, 0.5) is 4.39 Å². The predicted octanol–water partition coefficient (Wildman–Crippen LogP) is 2.08. The first-order chi connectivity index (χ1) is 8.20. The van der Waals surface area contributed by atoms with Crippen LogP contribution in [0.15, 0.2) is 24.4 Å². The van der Waals surface area contributed by atoms with Crippen LogP contribution < -0.4 is 11.3 Å². The second-order valence-electron chi connectivity index (χ2n) is 3.49. The van der Waals surface area contributed by atoms with E-state index in [1.165, 1.54) is 23.7 Å². The Bertz CT molecular complexity index is 491. The van der Waals surface area contributed by atoms with Crippen molar-refractivity contribution < 1.29 is 4.39 Å².